The number of methoxy groups -OCH3 is 1. The highest BCUT2D eigenvalue weighted by Gasteiger charge is 2.33. The van der Waals surface area contributed by atoms with E-state index in [1.54, 1.807) is 56.5 Å². The first-order valence-corrected chi connectivity index (χ1v) is 14.4. The first-order chi connectivity index (χ1) is 18.6. The first kappa shape index (κ1) is 29.7. The highest BCUT2D eigenvalue weighted by atomic mass is 32.2. The van der Waals surface area contributed by atoms with Crippen LogP contribution in [0.3, 0.4) is 0 Å². The molecule has 0 heterocycles. The summed E-state index contributed by atoms with van der Waals surface area (Å²) in [6.45, 7) is 7.37. The molecule has 1 N–H and O–H groups in total. The normalized spacial score (nSPS) is 11.9. The van der Waals surface area contributed by atoms with E-state index in [0.29, 0.717) is 23.5 Å². The van der Waals surface area contributed by atoms with Crippen molar-refractivity contribution in [2.75, 3.05) is 24.5 Å². The van der Waals surface area contributed by atoms with Crippen LogP contribution in [-0.2, 0) is 26.2 Å². The molecule has 0 saturated heterocycles. The summed E-state index contributed by atoms with van der Waals surface area (Å²) in [5.74, 6) is -0.193. The average molecular weight is 552 g/mol. The average Bonchev–Trinajstić information content (AvgIpc) is 2.94. The van der Waals surface area contributed by atoms with Crippen LogP contribution in [0.1, 0.15) is 37.0 Å². The van der Waals surface area contributed by atoms with Gasteiger partial charge in [-0.05, 0) is 74.2 Å². The molecule has 9 heteroatoms. The number of aryl methyl sites for hydroxylation is 2. The van der Waals surface area contributed by atoms with E-state index in [9.17, 15) is 18.0 Å². The summed E-state index contributed by atoms with van der Waals surface area (Å²) in [5, 5.41) is 2.84. The predicted molar refractivity (Wildman–Crippen MR) is 153 cm³/mol. The Morgan fingerprint density at radius 3 is 2.36 bits per heavy atom. The molecule has 3 aromatic carbocycles. The van der Waals surface area contributed by atoms with E-state index in [4.69, 9.17) is 4.74 Å². The highest BCUT2D eigenvalue weighted by molar-refractivity contribution is 7.92. The zero-order valence-corrected chi connectivity index (χ0v) is 24.0. The lowest BCUT2D eigenvalue weighted by atomic mass is 10.1. The quantitative estimate of drug-likeness (QED) is 0.359. The van der Waals surface area contributed by atoms with Crippen LogP contribution in [0.2, 0.25) is 0 Å². The molecule has 39 heavy (non-hydrogen) atoms. The topological polar surface area (TPSA) is 96.0 Å². The van der Waals surface area contributed by atoms with Gasteiger partial charge in [0.25, 0.3) is 10.0 Å². The van der Waals surface area contributed by atoms with Gasteiger partial charge in [-0.3, -0.25) is 13.9 Å². The number of carbonyl (C=O) groups is 2. The number of nitrogens with zero attached hydrogens (tertiary/aromatic N) is 2. The van der Waals surface area contributed by atoms with Crippen LogP contribution in [0.5, 0.6) is 5.75 Å². The Labute approximate surface area is 231 Å². The molecule has 0 saturated carbocycles. The lowest BCUT2D eigenvalue weighted by molar-refractivity contribution is -0.139. The minimum absolute atomic E-state index is 0.0757. The Balaban J connectivity index is 2.05. The predicted octanol–water partition coefficient (Wildman–Crippen LogP) is 4.45. The van der Waals surface area contributed by atoms with E-state index in [-0.39, 0.29) is 17.3 Å². The minimum Gasteiger partial charge on any atom is -0.497 e. The molecule has 0 radical (unpaired) electrons. The molecule has 208 valence electrons. The van der Waals surface area contributed by atoms with Gasteiger partial charge >= 0.3 is 0 Å². The van der Waals surface area contributed by atoms with Gasteiger partial charge < -0.3 is 15.0 Å². The van der Waals surface area contributed by atoms with Crippen molar-refractivity contribution in [2.24, 2.45) is 0 Å². The van der Waals surface area contributed by atoms with E-state index < -0.39 is 28.5 Å². The lowest BCUT2D eigenvalue weighted by Gasteiger charge is -2.32. The number of ether oxygens (including phenoxy) is 1. The van der Waals surface area contributed by atoms with E-state index >= 15 is 0 Å². The SMILES string of the molecule is CCCNC(=O)C(C)N(Cc1cccc(OC)c1)C(=O)CN(c1cc(C)ccc1C)S(=O)(=O)c1ccccc1. The lowest BCUT2D eigenvalue weighted by Crippen LogP contribution is -2.51. The maximum Gasteiger partial charge on any atom is 0.264 e. The number of benzene rings is 3. The Morgan fingerprint density at radius 1 is 0.974 bits per heavy atom. The van der Waals surface area contributed by atoms with Crippen LogP contribution in [0.4, 0.5) is 5.69 Å². The van der Waals surface area contributed by atoms with Gasteiger partial charge in [0.15, 0.2) is 0 Å². The maximum atomic E-state index is 14.0. The Hall–Kier alpha value is -3.85. The maximum absolute atomic E-state index is 14.0. The third-order valence-electron chi connectivity index (χ3n) is 6.45. The van der Waals surface area contributed by atoms with Gasteiger partial charge in [0.2, 0.25) is 11.8 Å². The van der Waals surface area contributed by atoms with E-state index in [1.807, 2.05) is 39.0 Å². The summed E-state index contributed by atoms with van der Waals surface area (Å²) in [5.41, 5.74) is 2.73. The van der Waals surface area contributed by atoms with E-state index in [0.717, 1.165) is 21.9 Å². The van der Waals surface area contributed by atoms with Crippen molar-refractivity contribution in [3.63, 3.8) is 0 Å². The summed E-state index contributed by atoms with van der Waals surface area (Å²) in [7, 11) is -2.55. The van der Waals surface area contributed by atoms with Crippen molar-refractivity contribution in [1.82, 2.24) is 10.2 Å². The molecular formula is C30H37N3O5S. The molecule has 2 amide bonds. The smallest absolute Gasteiger partial charge is 0.264 e. The number of rotatable bonds is 12. The number of amides is 2. The summed E-state index contributed by atoms with van der Waals surface area (Å²) in [6.07, 6.45) is 0.748. The van der Waals surface area contributed by atoms with Crippen molar-refractivity contribution in [1.29, 1.82) is 0 Å². The molecule has 0 spiro atoms. The number of anilines is 1. The molecule has 1 unspecified atom stereocenters. The molecule has 1 atom stereocenters. The number of carbonyl (C=O) groups excluding carboxylic acids is 2. The van der Waals surface area contributed by atoms with Crippen LogP contribution in [0.25, 0.3) is 0 Å². The first-order valence-electron chi connectivity index (χ1n) is 12.9. The van der Waals surface area contributed by atoms with E-state index in [1.165, 1.54) is 17.0 Å². The third kappa shape index (κ3) is 7.38. The van der Waals surface area contributed by atoms with Crippen LogP contribution >= 0.6 is 0 Å². The van der Waals surface area contributed by atoms with Crippen molar-refractivity contribution < 1.29 is 22.7 Å². The fraction of sp³-hybridized carbons (Fsp3) is 0.333. The Kier molecular flexibility index (Phi) is 10.1. The van der Waals surface area contributed by atoms with Gasteiger partial charge in [-0.2, -0.15) is 0 Å². The molecule has 3 rings (SSSR count). The van der Waals surface area contributed by atoms with Crippen LogP contribution in [0, 0.1) is 13.8 Å². The highest BCUT2D eigenvalue weighted by Crippen LogP contribution is 2.28. The molecule has 0 aliphatic carbocycles. The zero-order chi connectivity index (χ0) is 28.6. The summed E-state index contributed by atoms with van der Waals surface area (Å²) >= 11 is 0. The van der Waals surface area contributed by atoms with Crippen LogP contribution < -0.4 is 14.4 Å². The van der Waals surface area contributed by atoms with Crippen LogP contribution in [0.15, 0.2) is 77.7 Å². The largest absolute Gasteiger partial charge is 0.497 e. The zero-order valence-electron chi connectivity index (χ0n) is 23.2. The second-order valence-electron chi connectivity index (χ2n) is 9.45. The molecule has 0 aromatic heterocycles. The second kappa shape index (κ2) is 13.3. The van der Waals surface area contributed by atoms with Gasteiger partial charge in [0.05, 0.1) is 17.7 Å². The van der Waals surface area contributed by atoms with Gasteiger partial charge in [-0.1, -0.05) is 49.4 Å². The molecular weight excluding hydrogens is 514 g/mol. The standard InChI is InChI=1S/C30H37N3O5S/c1-6-17-31-30(35)24(4)32(20-25-11-10-12-26(19-25)38-5)29(34)21-33(28-18-22(2)15-16-23(28)3)39(36,37)27-13-8-7-9-14-27/h7-16,18-19,24H,6,17,20-21H2,1-5H3,(H,31,35). The van der Waals surface area contributed by atoms with Gasteiger partial charge in [0, 0.05) is 13.1 Å². The molecule has 8 nitrogen and oxygen atoms in total. The summed E-state index contributed by atoms with van der Waals surface area (Å²) in [4.78, 5) is 28.5. The van der Waals surface area contributed by atoms with Gasteiger partial charge in [0.1, 0.15) is 18.3 Å². The molecule has 3 aromatic rings. The van der Waals surface area contributed by atoms with E-state index in [2.05, 4.69) is 5.32 Å². The Morgan fingerprint density at radius 2 is 1.69 bits per heavy atom. The second-order valence-corrected chi connectivity index (χ2v) is 11.3. The number of nitrogens with one attached hydrogen (secondary N) is 1. The number of hydrogen-bond donors (Lipinski definition) is 1. The fourth-order valence-electron chi connectivity index (χ4n) is 4.17. The minimum atomic E-state index is -4.10. The monoisotopic (exact) mass is 551 g/mol. The molecule has 0 fully saturated rings. The van der Waals surface area contributed by atoms with Gasteiger partial charge in [-0.25, -0.2) is 8.42 Å². The summed E-state index contributed by atoms with van der Waals surface area (Å²) < 4.78 is 34.3. The molecule has 0 aliphatic rings. The van der Waals surface area contributed by atoms with Crippen molar-refractivity contribution >= 4 is 27.5 Å². The number of sulfonamides is 1. The summed E-state index contributed by atoms with van der Waals surface area (Å²) in [6, 6.07) is 19.9. The van der Waals surface area contributed by atoms with Crippen molar-refractivity contribution in [3.8, 4) is 5.75 Å². The number of hydrogen-bond acceptors (Lipinski definition) is 5. The third-order valence-corrected chi connectivity index (χ3v) is 8.22. The Bertz CT molecular complexity index is 1390. The van der Waals surface area contributed by atoms with Crippen LogP contribution in [-0.4, -0.2) is 51.4 Å². The van der Waals surface area contributed by atoms with Gasteiger partial charge in [-0.15, -0.1) is 0 Å². The molecule has 0 bridgehead atoms. The van der Waals surface area contributed by atoms with Crippen molar-refractivity contribution in [3.05, 3.63) is 89.5 Å². The van der Waals surface area contributed by atoms with Crippen molar-refractivity contribution in [2.45, 2.75) is 51.6 Å². The fourth-order valence-corrected chi connectivity index (χ4v) is 5.66. The molecule has 0 aliphatic heterocycles.